The van der Waals surface area contributed by atoms with Gasteiger partial charge >= 0.3 is 35.9 Å². The van der Waals surface area contributed by atoms with Crippen LogP contribution < -0.4 is 21.3 Å². The number of carboxylic acid groups (broad SMARTS) is 4. The Morgan fingerprint density at radius 3 is 1.35 bits per heavy atom. The van der Waals surface area contributed by atoms with Crippen LogP contribution in [0.15, 0.2) is 72.6 Å². The molecule has 26 nitrogen and oxygen atoms in total. The van der Waals surface area contributed by atoms with Crippen molar-refractivity contribution in [2.75, 3.05) is 42.1 Å². The van der Waals surface area contributed by atoms with Crippen LogP contribution in [0.3, 0.4) is 0 Å². The predicted molar refractivity (Wildman–Crippen MR) is 279 cm³/mol. The molecule has 2 aliphatic rings. The molecule has 1 aliphatic carbocycles. The third-order valence-electron chi connectivity index (χ3n) is 12.9. The zero-order valence-corrected chi connectivity index (χ0v) is 44.9. The maximum Gasteiger partial charge on any atom is 0.323 e. The van der Waals surface area contributed by atoms with Crippen molar-refractivity contribution < 1.29 is 92.5 Å². The zero-order valence-electron chi connectivity index (χ0n) is 42.5. The summed E-state index contributed by atoms with van der Waals surface area (Å²) in [6, 6.07) is 6.58. The summed E-state index contributed by atoms with van der Waals surface area (Å²) in [5.41, 5.74) is 1.60. The van der Waals surface area contributed by atoms with E-state index in [2.05, 4.69) is 20.9 Å². The molecule has 29 heteroatoms. The average Bonchev–Trinajstić information content (AvgIpc) is 3.51. The maximum absolute atomic E-state index is 13.4. The van der Waals surface area contributed by atoms with Gasteiger partial charge in [-0.3, -0.25) is 32.8 Å². The van der Waals surface area contributed by atoms with Crippen molar-refractivity contribution in [1.29, 1.82) is 0 Å². The smallest absolute Gasteiger partial charge is 0.323 e. The van der Waals surface area contributed by atoms with Gasteiger partial charge in [0.2, 0.25) is 0 Å². The lowest BCUT2D eigenvalue weighted by Gasteiger charge is -2.25. The molecule has 6 rings (SSSR count). The van der Waals surface area contributed by atoms with Crippen molar-refractivity contribution in [2.45, 2.75) is 70.1 Å². The topological polar surface area (TPSA) is 415 Å². The standard InChI is InChI=1S/C49H50N6O20S3/c1-21-25(5)46(52-48(64)54(17-39(56)57)18-40(58)59)26(6)22(2)44(21)50-32-15-34-30(13-37(32)77(69,70)71)43(29-11-9-10-12-36(29)76(66,67)68)31-14-38(78(72,73)74)33(16-35(31)75-34)51-45-23(3)27(7)47(28(8)24(45)4)53-49(65)55(19-41(60)61)20-42(62)63/h9-16,50H,17-20H2,1-8H3,(H,52,64)(H,53,65)(H,56,57)(H,58,59)(H,60,61)(H,62,63)(H,66,67,68)(H,69,70,71)(H,72,73,74). The highest BCUT2D eigenvalue weighted by molar-refractivity contribution is 7.86. The lowest BCUT2D eigenvalue weighted by atomic mass is 9.93. The highest BCUT2D eigenvalue weighted by atomic mass is 32.2. The van der Waals surface area contributed by atoms with Crippen LogP contribution in [0, 0.1) is 55.4 Å². The van der Waals surface area contributed by atoms with Gasteiger partial charge in [0.25, 0.3) is 30.4 Å². The van der Waals surface area contributed by atoms with E-state index in [0.29, 0.717) is 54.3 Å². The molecule has 0 radical (unpaired) electrons. The number of rotatable bonds is 17. The van der Waals surface area contributed by atoms with Crippen molar-refractivity contribution in [2.24, 2.45) is 4.99 Å². The second kappa shape index (κ2) is 21.9. The SMILES string of the molecule is Cc1c(C)c(NC(=O)N(CC(=O)O)CC(=O)O)c(C)c(C)c1N=c1cc2oc3cc(Nc4c(C)c(C)c(NC(=O)N(CC(=O)O)CC(=O)O)c(C)c4C)c(S(=O)(=O)O)cc3c(-c3ccccc3S(=O)(=O)O)c-2cc1S(=O)(=O)O. The number of anilines is 4. The number of hydrogen-bond donors (Lipinski definition) is 10. The molecule has 0 unspecified atom stereocenters. The Morgan fingerprint density at radius 2 is 0.923 bits per heavy atom. The minimum absolute atomic E-state index is 0.0851. The molecule has 414 valence electrons. The molecule has 78 heavy (non-hydrogen) atoms. The van der Waals surface area contributed by atoms with Crippen molar-refractivity contribution in [1.82, 2.24) is 9.80 Å². The molecule has 4 aromatic carbocycles. The molecule has 0 bridgehead atoms. The van der Waals surface area contributed by atoms with E-state index in [0.717, 1.165) is 30.3 Å². The molecule has 4 aromatic rings. The molecule has 1 heterocycles. The van der Waals surface area contributed by atoms with Gasteiger partial charge in [0.1, 0.15) is 52.2 Å². The average molecular weight is 1140 g/mol. The number of carboxylic acids is 4. The van der Waals surface area contributed by atoms with Gasteiger partial charge in [0.05, 0.1) is 16.7 Å². The quantitative estimate of drug-likeness (QED) is 0.0349. The largest absolute Gasteiger partial charge is 0.480 e. The summed E-state index contributed by atoms with van der Waals surface area (Å²) < 4.78 is 118. The van der Waals surface area contributed by atoms with Crippen LogP contribution in [0.2, 0.25) is 0 Å². The van der Waals surface area contributed by atoms with E-state index in [-0.39, 0.29) is 61.9 Å². The first kappa shape index (κ1) is 58.8. The molecule has 0 atom stereocenters. The second-order valence-electron chi connectivity index (χ2n) is 17.9. The van der Waals surface area contributed by atoms with Gasteiger partial charge in [-0.05, 0) is 118 Å². The van der Waals surface area contributed by atoms with Gasteiger partial charge in [-0.25, -0.2) is 14.6 Å². The Labute approximate surface area is 444 Å². The van der Waals surface area contributed by atoms with E-state index in [1.165, 1.54) is 45.9 Å². The van der Waals surface area contributed by atoms with E-state index >= 15 is 0 Å². The highest BCUT2D eigenvalue weighted by Gasteiger charge is 2.31. The van der Waals surface area contributed by atoms with E-state index in [4.69, 9.17) is 4.42 Å². The van der Waals surface area contributed by atoms with Crippen LogP contribution in [0.4, 0.5) is 38.0 Å². The molecule has 10 N–H and O–H groups in total. The Kier molecular flexibility index (Phi) is 16.5. The van der Waals surface area contributed by atoms with Crippen LogP contribution in [0.25, 0.3) is 33.4 Å². The summed E-state index contributed by atoms with van der Waals surface area (Å²) in [5.74, 6) is -6.24. The van der Waals surface area contributed by atoms with Gasteiger partial charge in [-0.1, -0.05) is 18.2 Å². The molecule has 0 spiro atoms. The normalized spacial score (nSPS) is 12.1. The van der Waals surface area contributed by atoms with Crippen LogP contribution in [0.5, 0.6) is 0 Å². The summed E-state index contributed by atoms with van der Waals surface area (Å²) in [5, 5.41) is 44.6. The first-order chi connectivity index (χ1) is 36.0. The minimum Gasteiger partial charge on any atom is -0.480 e. The predicted octanol–water partition coefficient (Wildman–Crippen LogP) is 6.39. The maximum atomic E-state index is 13.4. The molecule has 0 aromatic heterocycles. The van der Waals surface area contributed by atoms with E-state index < -0.39 is 113 Å². The minimum atomic E-state index is -5.33. The molecular formula is C49H50N6O20S3. The Morgan fingerprint density at radius 1 is 0.513 bits per heavy atom. The van der Waals surface area contributed by atoms with Crippen LogP contribution >= 0.6 is 0 Å². The number of nitrogens with one attached hydrogen (secondary N) is 3. The molecule has 0 fully saturated rings. The fourth-order valence-corrected chi connectivity index (χ4v) is 10.7. The van der Waals surface area contributed by atoms with Crippen LogP contribution in [-0.4, -0.2) is 131 Å². The number of urea groups is 2. The molecule has 1 aliphatic heterocycles. The summed E-state index contributed by atoms with van der Waals surface area (Å²) in [6.07, 6.45) is 0. The fraction of sp³-hybridized carbons (Fsp3) is 0.245. The zero-order chi connectivity index (χ0) is 58.4. The number of nitrogens with zero attached hydrogens (tertiary/aromatic N) is 3. The lowest BCUT2D eigenvalue weighted by Crippen LogP contribution is -2.42. The Balaban J connectivity index is 1.66. The third-order valence-corrected chi connectivity index (χ3v) is 15.6. The second-order valence-corrected chi connectivity index (χ2v) is 22.1. The first-order valence-corrected chi connectivity index (χ1v) is 27.0. The number of hydrogen-bond acceptors (Lipinski definition) is 15. The van der Waals surface area contributed by atoms with Gasteiger partial charge in [-0.2, -0.15) is 25.3 Å². The summed E-state index contributed by atoms with van der Waals surface area (Å²) in [6.45, 7) is 8.54. The van der Waals surface area contributed by atoms with Crippen LogP contribution in [0.1, 0.15) is 44.5 Å². The molecule has 0 saturated heterocycles. The number of aliphatic carboxylic acids is 4. The molecular weight excluding hydrogens is 1090 g/mol. The Bertz CT molecular complexity index is 3900. The molecule has 0 saturated carbocycles. The monoisotopic (exact) mass is 1140 g/mol. The fourth-order valence-electron chi connectivity index (χ4n) is 8.74. The van der Waals surface area contributed by atoms with E-state index in [9.17, 15) is 88.1 Å². The van der Waals surface area contributed by atoms with Crippen molar-refractivity contribution in [3.8, 4) is 22.5 Å². The van der Waals surface area contributed by atoms with E-state index in [1.807, 2.05) is 0 Å². The lowest BCUT2D eigenvalue weighted by molar-refractivity contribution is -0.142. The molecule has 4 amide bonds. The number of benzene rings is 5. The third kappa shape index (κ3) is 12.2. The van der Waals surface area contributed by atoms with Gasteiger partial charge < -0.3 is 50.6 Å². The van der Waals surface area contributed by atoms with Crippen molar-refractivity contribution >= 4 is 106 Å². The van der Waals surface area contributed by atoms with E-state index in [1.54, 1.807) is 27.7 Å². The first-order valence-electron chi connectivity index (χ1n) is 22.6. The number of fused-ring (bicyclic) bond motifs is 2. The van der Waals surface area contributed by atoms with Gasteiger partial charge in [0.15, 0.2) is 0 Å². The number of carbonyl (C=O) groups excluding carboxylic acids is 2. The summed E-state index contributed by atoms with van der Waals surface area (Å²) in [4.78, 5) is 75.6. The number of carbonyl (C=O) groups is 6. The van der Waals surface area contributed by atoms with Gasteiger partial charge in [-0.15, -0.1) is 0 Å². The van der Waals surface area contributed by atoms with Crippen LogP contribution in [-0.2, 0) is 49.5 Å². The summed E-state index contributed by atoms with van der Waals surface area (Å²) in [7, 11) is -15.8. The van der Waals surface area contributed by atoms with Crippen molar-refractivity contribution in [3.63, 3.8) is 0 Å². The van der Waals surface area contributed by atoms with Gasteiger partial charge in [0, 0.05) is 51.3 Å². The van der Waals surface area contributed by atoms with Crippen molar-refractivity contribution in [3.05, 3.63) is 98.4 Å². The summed E-state index contributed by atoms with van der Waals surface area (Å²) >= 11 is 0. The highest BCUT2D eigenvalue weighted by Crippen LogP contribution is 2.46. The Hall–Kier alpha value is -8.48. The number of amides is 4.